The summed E-state index contributed by atoms with van der Waals surface area (Å²) >= 11 is 3.26. The van der Waals surface area contributed by atoms with Gasteiger partial charge in [0.05, 0.1) is 6.61 Å². The Balaban J connectivity index is 3.11. The second-order valence-electron chi connectivity index (χ2n) is 4.21. The van der Waals surface area contributed by atoms with Gasteiger partial charge in [0.1, 0.15) is 0 Å². The summed E-state index contributed by atoms with van der Waals surface area (Å²) in [5, 5.41) is 0. The van der Waals surface area contributed by atoms with E-state index >= 15 is 0 Å². The van der Waals surface area contributed by atoms with E-state index in [4.69, 9.17) is 4.89 Å². The molecule has 6 heteroatoms. The van der Waals surface area contributed by atoms with Crippen LogP contribution in [0.25, 0.3) is 0 Å². The molecule has 0 fully saturated rings. The zero-order valence-corrected chi connectivity index (χ0v) is 12.4. The van der Waals surface area contributed by atoms with Crippen molar-refractivity contribution in [2.24, 2.45) is 0 Å². The lowest BCUT2D eigenvalue weighted by molar-refractivity contribution is 0.208. The van der Waals surface area contributed by atoms with Crippen LogP contribution in [0.3, 0.4) is 0 Å². The van der Waals surface area contributed by atoms with Crippen LogP contribution in [0.15, 0.2) is 0 Å². The molecule has 0 rings (SSSR count). The van der Waals surface area contributed by atoms with Crippen molar-refractivity contribution in [2.75, 3.05) is 6.61 Å². The van der Waals surface area contributed by atoms with Gasteiger partial charge in [0.2, 0.25) is 0 Å². The number of rotatable bonds is 12. The van der Waals surface area contributed by atoms with Crippen molar-refractivity contribution in [3.63, 3.8) is 0 Å². The minimum atomic E-state index is -3.88. The highest BCUT2D eigenvalue weighted by Gasteiger charge is 2.18. The molecule has 1 atom stereocenters. The van der Waals surface area contributed by atoms with E-state index in [1.54, 1.807) is 0 Å². The van der Waals surface area contributed by atoms with Gasteiger partial charge in [0.25, 0.3) is 0 Å². The lowest BCUT2D eigenvalue weighted by atomic mass is 10.1. The van der Waals surface area contributed by atoms with Crippen LogP contribution >= 0.6 is 20.7 Å². The van der Waals surface area contributed by atoms with Gasteiger partial charge in [-0.1, -0.05) is 58.3 Å². The molecule has 0 aromatic heterocycles. The van der Waals surface area contributed by atoms with Crippen LogP contribution < -0.4 is 0 Å². The Morgan fingerprint density at radius 1 is 1.00 bits per heavy atom. The maximum absolute atomic E-state index is 10.9. The van der Waals surface area contributed by atoms with Crippen molar-refractivity contribution < 1.29 is 18.0 Å². The van der Waals surface area contributed by atoms with Crippen molar-refractivity contribution >= 4 is 20.7 Å². The van der Waals surface area contributed by atoms with Crippen LogP contribution in [-0.4, -0.2) is 11.5 Å². The van der Waals surface area contributed by atoms with Gasteiger partial charge >= 0.3 is 7.82 Å². The fourth-order valence-corrected chi connectivity index (χ4v) is 2.16. The molecule has 4 nitrogen and oxygen atoms in total. The monoisotopic (exact) mass is 284 g/mol. The largest absolute Gasteiger partial charge is 0.483 e. The summed E-state index contributed by atoms with van der Waals surface area (Å²) in [4.78, 5) is 8.88. The van der Waals surface area contributed by atoms with E-state index in [1.807, 2.05) is 0 Å². The van der Waals surface area contributed by atoms with Crippen LogP contribution in [0, 0.1) is 0 Å². The topological polar surface area (TPSA) is 55.8 Å². The fraction of sp³-hybridized carbons (Fsp3) is 1.00. The van der Waals surface area contributed by atoms with E-state index < -0.39 is 7.82 Å². The number of unbranched alkanes of at least 4 members (excludes halogenated alkanes) is 8. The molecule has 0 bridgehead atoms. The SMILES string of the molecule is CCCCCCCCCCCOP(=O)(O)OS. The van der Waals surface area contributed by atoms with Gasteiger partial charge in [-0.25, -0.2) is 8.54 Å². The van der Waals surface area contributed by atoms with Gasteiger partial charge in [0, 0.05) is 0 Å². The van der Waals surface area contributed by atoms with Crippen LogP contribution in [-0.2, 0) is 13.1 Å². The third-order valence-corrected chi connectivity index (χ3v) is 3.94. The maximum atomic E-state index is 10.9. The molecule has 0 saturated carbocycles. The molecule has 0 aromatic rings. The third-order valence-electron chi connectivity index (χ3n) is 2.61. The van der Waals surface area contributed by atoms with Gasteiger partial charge in [-0.05, 0) is 19.3 Å². The highest BCUT2D eigenvalue weighted by atomic mass is 32.1. The van der Waals surface area contributed by atoms with Crippen molar-refractivity contribution in [1.29, 1.82) is 0 Å². The molecular formula is C11H25O4PS. The summed E-state index contributed by atoms with van der Waals surface area (Å²) < 4.78 is 19.5. The number of hydrogen-bond donors (Lipinski definition) is 2. The van der Waals surface area contributed by atoms with Crippen LogP contribution in [0.1, 0.15) is 64.7 Å². The first-order valence-corrected chi connectivity index (χ1v) is 8.29. The van der Waals surface area contributed by atoms with Gasteiger partial charge in [0.15, 0.2) is 0 Å². The molecule has 0 amide bonds. The highest BCUT2D eigenvalue weighted by Crippen LogP contribution is 2.44. The van der Waals surface area contributed by atoms with Crippen molar-refractivity contribution in [1.82, 2.24) is 0 Å². The second-order valence-corrected chi connectivity index (χ2v) is 6.06. The first-order valence-electron chi connectivity index (χ1n) is 6.43. The van der Waals surface area contributed by atoms with Crippen LogP contribution in [0.4, 0.5) is 0 Å². The van der Waals surface area contributed by atoms with Gasteiger partial charge in [-0.2, -0.15) is 0 Å². The predicted molar refractivity (Wildman–Crippen MR) is 73.1 cm³/mol. The molecule has 1 unspecified atom stereocenters. The van der Waals surface area contributed by atoms with E-state index in [1.165, 1.54) is 38.5 Å². The molecule has 0 aliphatic heterocycles. The van der Waals surface area contributed by atoms with Crippen LogP contribution in [0.5, 0.6) is 0 Å². The first kappa shape index (κ1) is 17.5. The van der Waals surface area contributed by atoms with E-state index in [-0.39, 0.29) is 6.61 Å². The van der Waals surface area contributed by atoms with E-state index in [0.29, 0.717) is 0 Å². The zero-order valence-electron chi connectivity index (χ0n) is 10.6. The van der Waals surface area contributed by atoms with Gasteiger partial charge < -0.3 is 4.89 Å². The maximum Gasteiger partial charge on any atom is 0.483 e. The molecular weight excluding hydrogens is 259 g/mol. The molecule has 0 aliphatic rings. The molecule has 104 valence electrons. The fourth-order valence-electron chi connectivity index (χ4n) is 1.62. The highest BCUT2D eigenvalue weighted by molar-refractivity contribution is 7.80. The second kappa shape index (κ2) is 11.5. The summed E-state index contributed by atoms with van der Waals surface area (Å²) in [7, 11) is -3.88. The molecule has 17 heavy (non-hydrogen) atoms. The van der Waals surface area contributed by atoms with Crippen molar-refractivity contribution in [3.8, 4) is 0 Å². The Bertz CT molecular complexity index is 214. The number of thiol groups is 1. The first-order chi connectivity index (χ1) is 8.12. The summed E-state index contributed by atoms with van der Waals surface area (Å²) in [6, 6.07) is 0. The zero-order chi connectivity index (χ0) is 13.0. The van der Waals surface area contributed by atoms with E-state index in [0.717, 1.165) is 19.3 Å². The van der Waals surface area contributed by atoms with Gasteiger partial charge in [-0.3, -0.25) is 4.52 Å². The standard InChI is InChI=1S/C11H25O4PS/c1-2-3-4-5-6-7-8-9-10-11-14-16(12,13)15-17/h17H,2-11H2,1H3,(H,12,13). The minimum Gasteiger partial charge on any atom is -0.302 e. The van der Waals surface area contributed by atoms with Crippen molar-refractivity contribution in [3.05, 3.63) is 0 Å². The van der Waals surface area contributed by atoms with Crippen molar-refractivity contribution in [2.45, 2.75) is 64.7 Å². The minimum absolute atomic E-state index is 0.254. The van der Waals surface area contributed by atoms with Gasteiger partial charge in [-0.15, -0.1) is 0 Å². The predicted octanol–water partition coefficient (Wildman–Crippen LogP) is 4.50. The molecule has 1 N–H and O–H groups in total. The molecule has 0 aromatic carbocycles. The van der Waals surface area contributed by atoms with E-state index in [9.17, 15) is 4.57 Å². The number of phosphoric acid groups is 1. The smallest absolute Gasteiger partial charge is 0.302 e. The molecule has 0 saturated heterocycles. The van der Waals surface area contributed by atoms with E-state index in [2.05, 4.69) is 28.3 Å². The Morgan fingerprint density at radius 2 is 1.47 bits per heavy atom. The molecule has 0 aliphatic carbocycles. The summed E-state index contributed by atoms with van der Waals surface area (Å²) in [5.74, 6) is 0. The quantitative estimate of drug-likeness (QED) is 0.240. The molecule has 0 heterocycles. The average molecular weight is 284 g/mol. The Morgan fingerprint density at radius 3 is 1.94 bits per heavy atom. The lowest BCUT2D eigenvalue weighted by Crippen LogP contribution is -1.93. The summed E-state index contributed by atoms with van der Waals surface area (Å²) in [6.07, 6.45) is 10.8. The Labute approximate surface area is 110 Å². The lowest BCUT2D eigenvalue weighted by Gasteiger charge is -2.07. The normalized spacial score (nSPS) is 14.8. The third kappa shape index (κ3) is 12.7. The molecule has 0 radical (unpaired) electrons. The summed E-state index contributed by atoms with van der Waals surface area (Å²) in [5.41, 5.74) is 0. The van der Waals surface area contributed by atoms with Crippen LogP contribution in [0.2, 0.25) is 0 Å². The Hall–Kier alpha value is 0.460. The summed E-state index contributed by atoms with van der Waals surface area (Å²) in [6.45, 7) is 2.47. The number of hydrogen-bond acceptors (Lipinski definition) is 4. The average Bonchev–Trinajstić information content (AvgIpc) is 2.31. The number of phosphoric ester groups is 1. The Kier molecular flexibility index (Phi) is 11.9. The molecule has 0 spiro atoms.